The summed E-state index contributed by atoms with van der Waals surface area (Å²) in [5.74, 6) is 2.79. The Balaban J connectivity index is 1.18. The SMILES string of the molecule is CC(C)(C)c1ccc(N2c3cc4c(cc3B3c5c(cc6c(oc7ccccc76)c52)-c2cccc5c6c(n3c25)-c2ccccc2C6(C)C)Oc2ccccc2O4)c(-c2ccccc2)c1. The average Bonchev–Trinajstić information content (AvgIpc) is 3.93. The van der Waals surface area contributed by atoms with E-state index in [9.17, 15) is 0 Å². The summed E-state index contributed by atoms with van der Waals surface area (Å²) in [6.45, 7) is 11.4. The van der Waals surface area contributed by atoms with Crippen LogP contribution in [0.25, 0.3) is 66.4 Å². The van der Waals surface area contributed by atoms with Gasteiger partial charge in [-0.1, -0.05) is 144 Å². The Morgan fingerprint density at radius 1 is 0.556 bits per heavy atom. The van der Waals surface area contributed by atoms with Crippen molar-refractivity contribution in [2.24, 2.45) is 0 Å². The van der Waals surface area contributed by atoms with Crippen molar-refractivity contribution in [2.75, 3.05) is 4.90 Å². The highest BCUT2D eigenvalue weighted by molar-refractivity contribution is 6.90. The van der Waals surface area contributed by atoms with Crippen molar-refractivity contribution in [3.63, 3.8) is 0 Å². The van der Waals surface area contributed by atoms with E-state index in [0.29, 0.717) is 23.0 Å². The molecule has 3 aliphatic heterocycles. The number of ether oxygens (including phenoxy) is 2. The molecule has 0 amide bonds. The molecule has 300 valence electrons. The second-order valence-electron chi connectivity index (χ2n) is 19.2. The third-order valence-electron chi connectivity index (χ3n) is 14.3. The summed E-state index contributed by atoms with van der Waals surface area (Å²) in [6.07, 6.45) is 0. The van der Waals surface area contributed by atoms with Crippen LogP contribution in [0, 0.1) is 0 Å². The van der Waals surface area contributed by atoms with Crippen molar-refractivity contribution >= 4 is 67.7 Å². The molecular formula is C57H41BN2O3. The molecule has 0 saturated heterocycles. The van der Waals surface area contributed by atoms with Crippen LogP contribution in [0.2, 0.25) is 0 Å². The van der Waals surface area contributed by atoms with Crippen LogP contribution < -0.4 is 25.3 Å². The van der Waals surface area contributed by atoms with Crippen LogP contribution in [0.5, 0.6) is 23.0 Å². The maximum Gasteiger partial charge on any atom is 0.333 e. The van der Waals surface area contributed by atoms with Gasteiger partial charge >= 0.3 is 6.85 Å². The minimum Gasteiger partial charge on any atom is -0.454 e. The van der Waals surface area contributed by atoms with Gasteiger partial charge in [-0.25, -0.2) is 0 Å². The molecule has 0 radical (unpaired) electrons. The zero-order valence-electron chi connectivity index (χ0n) is 35.7. The Kier molecular flexibility index (Phi) is 6.66. The zero-order valence-corrected chi connectivity index (χ0v) is 35.7. The number of benzene rings is 8. The Hall–Kier alpha value is -7.44. The quantitative estimate of drug-likeness (QED) is 0.163. The summed E-state index contributed by atoms with van der Waals surface area (Å²) in [5.41, 5.74) is 19.5. The van der Waals surface area contributed by atoms with E-state index in [1.165, 1.54) is 55.4 Å². The van der Waals surface area contributed by atoms with Crippen LogP contribution in [-0.2, 0) is 10.8 Å². The van der Waals surface area contributed by atoms with E-state index in [0.717, 1.165) is 55.6 Å². The summed E-state index contributed by atoms with van der Waals surface area (Å²) in [7, 11) is 0. The molecule has 4 aliphatic rings. The zero-order chi connectivity index (χ0) is 42.1. The Labute approximate surface area is 365 Å². The van der Waals surface area contributed by atoms with Gasteiger partial charge in [-0.15, -0.1) is 0 Å². The second-order valence-corrected chi connectivity index (χ2v) is 19.2. The first-order chi connectivity index (χ1) is 30.6. The van der Waals surface area contributed by atoms with E-state index in [-0.39, 0.29) is 17.7 Å². The lowest BCUT2D eigenvalue weighted by Gasteiger charge is -2.42. The second kappa shape index (κ2) is 11.9. The number of anilines is 3. The van der Waals surface area contributed by atoms with E-state index in [2.05, 4.69) is 177 Å². The normalized spacial score (nSPS) is 14.7. The lowest BCUT2D eigenvalue weighted by Crippen LogP contribution is -2.57. The van der Waals surface area contributed by atoms with Gasteiger partial charge in [0.25, 0.3) is 0 Å². The average molecular weight is 813 g/mol. The lowest BCUT2D eigenvalue weighted by atomic mass is 9.44. The number of nitrogens with zero attached hydrogens (tertiary/aromatic N) is 2. The number of hydrogen-bond donors (Lipinski definition) is 0. The summed E-state index contributed by atoms with van der Waals surface area (Å²) in [5, 5.41) is 3.50. The monoisotopic (exact) mass is 812 g/mol. The molecule has 0 unspecified atom stereocenters. The van der Waals surface area contributed by atoms with Crippen LogP contribution in [0.1, 0.15) is 51.3 Å². The summed E-state index contributed by atoms with van der Waals surface area (Å²) >= 11 is 0. The van der Waals surface area contributed by atoms with Crippen LogP contribution in [-0.4, -0.2) is 11.3 Å². The van der Waals surface area contributed by atoms with Gasteiger partial charge in [-0.2, -0.15) is 0 Å². The van der Waals surface area contributed by atoms with Crippen LogP contribution in [0.3, 0.4) is 0 Å². The topological polar surface area (TPSA) is 39.8 Å². The van der Waals surface area contributed by atoms with Gasteiger partial charge in [0, 0.05) is 61.2 Å². The molecule has 5 nitrogen and oxygen atoms in total. The fourth-order valence-corrected chi connectivity index (χ4v) is 11.5. The fourth-order valence-electron chi connectivity index (χ4n) is 11.5. The Bertz CT molecular complexity index is 3660. The molecule has 0 atom stereocenters. The smallest absolute Gasteiger partial charge is 0.333 e. The van der Waals surface area contributed by atoms with Crippen molar-refractivity contribution in [1.82, 2.24) is 4.48 Å². The van der Waals surface area contributed by atoms with Gasteiger partial charge in [-0.3, -0.25) is 0 Å². The highest BCUT2D eigenvalue weighted by Crippen LogP contribution is 2.58. The van der Waals surface area contributed by atoms with Gasteiger partial charge in [0.05, 0.1) is 11.4 Å². The molecule has 0 spiro atoms. The first kappa shape index (κ1) is 35.2. The molecule has 14 rings (SSSR count). The molecule has 6 heteroatoms. The van der Waals surface area contributed by atoms with Gasteiger partial charge in [0.15, 0.2) is 28.6 Å². The van der Waals surface area contributed by atoms with E-state index < -0.39 is 0 Å². The van der Waals surface area contributed by atoms with Crippen molar-refractivity contribution in [3.05, 3.63) is 174 Å². The lowest BCUT2D eigenvalue weighted by molar-refractivity contribution is 0.360. The highest BCUT2D eigenvalue weighted by Gasteiger charge is 2.50. The number of hydrogen-bond acceptors (Lipinski definition) is 4. The highest BCUT2D eigenvalue weighted by atomic mass is 16.6. The molecule has 63 heavy (non-hydrogen) atoms. The molecule has 0 N–H and O–H groups in total. The molecular weight excluding hydrogens is 771 g/mol. The minimum absolute atomic E-state index is 0.0729. The molecule has 0 bridgehead atoms. The number of para-hydroxylation sites is 4. The van der Waals surface area contributed by atoms with Crippen LogP contribution >= 0.6 is 0 Å². The Morgan fingerprint density at radius 2 is 1.25 bits per heavy atom. The first-order valence-electron chi connectivity index (χ1n) is 22.0. The van der Waals surface area contributed by atoms with E-state index >= 15 is 0 Å². The van der Waals surface area contributed by atoms with Gasteiger partial charge in [0.1, 0.15) is 5.58 Å². The largest absolute Gasteiger partial charge is 0.454 e. The number of furan rings is 1. The molecule has 10 aromatic rings. The van der Waals surface area contributed by atoms with Crippen molar-refractivity contribution in [3.8, 4) is 56.5 Å². The number of rotatable bonds is 2. The maximum atomic E-state index is 7.19. The summed E-state index contributed by atoms with van der Waals surface area (Å²) in [4.78, 5) is 2.49. The summed E-state index contributed by atoms with van der Waals surface area (Å²) < 4.78 is 23.5. The molecule has 5 heterocycles. The van der Waals surface area contributed by atoms with Gasteiger partial charge in [-0.05, 0) is 86.6 Å². The third-order valence-corrected chi connectivity index (χ3v) is 14.3. The van der Waals surface area contributed by atoms with Gasteiger partial charge < -0.3 is 23.3 Å². The van der Waals surface area contributed by atoms with Crippen molar-refractivity contribution in [2.45, 2.75) is 45.4 Å². The van der Waals surface area contributed by atoms with Crippen LogP contribution in [0.15, 0.2) is 162 Å². The number of fused-ring (bicyclic) bond motifs is 15. The van der Waals surface area contributed by atoms with E-state index in [1.807, 2.05) is 24.3 Å². The molecule has 2 aromatic heterocycles. The predicted octanol–water partition coefficient (Wildman–Crippen LogP) is 14.1. The van der Waals surface area contributed by atoms with E-state index in [1.54, 1.807) is 0 Å². The standard InChI is InChI=1S/C57H41BN2O3/c1-56(2,3)33-26-27-43(38(28-33)32-16-7-6-8-17-32)59-44-31-49-48(61-46-24-13-14-25-47(46)62-49)30-42(44)58-51-39(29-40-34-18-10-12-23-45(34)63-55(40)54(51)59)35-20-15-21-37-50-53(60(58)52(35)37)36-19-9-11-22-41(36)57(50,4)5/h6-31H,1-5H3. The maximum absolute atomic E-state index is 7.19. The van der Waals surface area contributed by atoms with Crippen LogP contribution in [0.4, 0.5) is 17.1 Å². The molecule has 1 aliphatic carbocycles. The molecule has 0 saturated carbocycles. The Morgan fingerprint density at radius 3 is 2.06 bits per heavy atom. The van der Waals surface area contributed by atoms with E-state index in [4.69, 9.17) is 13.9 Å². The predicted molar refractivity (Wildman–Crippen MR) is 258 cm³/mol. The summed E-state index contributed by atoms with van der Waals surface area (Å²) in [6, 6.07) is 57.2. The first-order valence-corrected chi connectivity index (χ1v) is 22.0. The van der Waals surface area contributed by atoms with Crippen molar-refractivity contribution in [1.29, 1.82) is 0 Å². The molecule has 0 fully saturated rings. The van der Waals surface area contributed by atoms with Gasteiger partial charge in [0.2, 0.25) is 0 Å². The number of aromatic nitrogens is 1. The third kappa shape index (κ3) is 4.52. The fraction of sp³-hybridized carbons (Fsp3) is 0.123. The minimum atomic E-state index is -0.234. The van der Waals surface area contributed by atoms with Crippen molar-refractivity contribution < 1.29 is 13.9 Å². The molecule has 8 aromatic carbocycles.